The number of hydrogen-bond acceptors (Lipinski definition) is 9. The molecule has 1 heterocycles. The molecule has 10 heteroatoms. The number of carbonyl (C=O) groups is 1. The van der Waals surface area contributed by atoms with Crippen molar-refractivity contribution in [1.82, 2.24) is 0 Å². The quantitative estimate of drug-likeness (QED) is 0.234. The van der Waals surface area contributed by atoms with Gasteiger partial charge in [-0.05, 0) is 87.9 Å². The van der Waals surface area contributed by atoms with Crippen molar-refractivity contribution >= 4 is 29.0 Å². The molecule has 4 saturated carbocycles. The van der Waals surface area contributed by atoms with Crippen molar-refractivity contribution in [1.29, 1.82) is 0 Å². The van der Waals surface area contributed by atoms with E-state index in [0.29, 0.717) is 18.8 Å². The number of halogens is 1. The highest BCUT2D eigenvalue weighted by atomic mass is 127. The molecule has 0 aromatic heterocycles. The number of hydrogen-bond donors (Lipinski definition) is 5. The van der Waals surface area contributed by atoms with E-state index < -0.39 is 59.9 Å². The maximum atomic E-state index is 13.8. The van der Waals surface area contributed by atoms with Gasteiger partial charge in [0.1, 0.15) is 53.0 Å². The van der Waals surface area contributed by atoms with Gasteiger partial charge in [-0.2, -0.15) is 0 Å². The van der Waals surface area contributed by atoms with Gasteiger partial charge in [0.15, 0.2) is 0 Å². The summed E-state index contributed by atoms with van der Waals surface area (Å²) in [5, 5.41) is 51.5. The van der Waals surface area contributed by atoms with Gasteiger partial charge in [0.2, 0.25) is 6.29 Å². The van der Waals surface area contributed by atoms with Crippen LogP contribution in [0.15, 0.2) is 0 Å². The molecule has 36 heavy (non-hydrogen) atoms. The maximum Gasteiger partial charge on any atom is 0.314 e. The monoisotopic (exact) mass is 624 g/mol. The Morgan fingerprint density at radius 1 is 0.972 bits per heavy atom. The molecule has 1 saturated heterocycles. The van der Waals surface area contributed by atoms with Gasteiger partial charge in [-0.1, -0.05) is 13.3 Å². The fraction of sp³-hybridized carbons (Fsp3) is 0.962. The van der Waals surface area contributed by atoms with E-state index in [1.54, 1.807) is 0 Å². The summed E-state index contributed by atoms with van der Waals surface area (Å²) < 4.78 is 17.1. The predicted octanol–water partition coefficient (Wildman–Crippen LogP) is 1.98. The van der Waals surface area contributed by atoms with E-state index >= 15 is 0 Å². The lowest BCUT2D eigenvalue weighted by Gasteiger charge is -2.64. The highest BCUT2D eigenvalue weighted by Crippen LogP contribution is 2.74. The number of aliphatic hydroxyl groups is 5. The Morgan fingerprint density at radius 3 is 2.33 bits per heavy atom. The van der Waals surface area contributed by atoms with Crippen LogP contribution in [0.5, 0.6) is 0 Å². The smallest absolute Gasteiger partial charge is 0.314 e. The second-order valence-corrected chi connectivity index (χ2v) is 13.6. The molecule has 0 aromatic rings. The summed E-state index contributed by atoms with van der Waals surface area (Å²) in [7, 11) is 0. The molecule has 5 aliphatic rings. The molecule has 12 unspecified atom stereocenters. The number of carbonyl (C=O) groups excluding carboxylic acids is 1. The Labute approximate surface area is 226 Å². The predicted molar refractivity (Wildman–Crippen MR) is 135 cm³/mol. The van der Waals surface area contributed by atoms with Crippen LogP contribution in [0.4, 0.5) is 0 Å². The Hall–Kier alpha value is -0.0800. The van der Waals surface area contributed by atoms with Gasteiger partial charge in [0, 0.05) is 0 Å². The van der Waals surface area contributed by atoms with Crippen molar-refractivity contribution in [2.45, 2.75) is 120 Å². The average molecular weight is 625 g/mol. The van der Waals surface area contributed by atoms with E-state index in [9.17, 15) is 30.3 Å². The SMILES string of the molecule is CC1(C(=O)OC2OC(CO)C(O)C(O)C2O)CCCC2(C)C3CCC4(OI)CC3(CCC12)CC4(C)O. The molecule has 1 spiro atoms. The molecule has 0 aromatic carbocycles. The molecule has 9 nitrogen and oxygen atoms in total. The number of fused-ring (bicyclic) bond motifs is 3. The first kappa shape index (κ1) is 27.5. The van der Waals surface area contributed by atoms with Gasteiger partial charge in [-0.15, -0.1) is 0 Å². The highest BCUT2D eigenvalue weighted by Gasteiger charge is 2.72. The summed E-state index contributed by atoms with van der Waals surface area (Å²) in [4.78, 5) is 13.8. The van der Waals surface area contributed by atoms with Crippen LogP contribution in [0.1, 0.15) is 78.6 Å². The molecule has 5 rings (SSSR count). The topological polar surface area (TPSA) is 146 Å². The molecule has 2 bridgehead atoms. The van der Waals surface area contributed by atoms with E-state index in [0.717, 1.165) is 44.9 Å². The molecule has 12 atom stereocenters. The van der Waals surface area contributed by atoms with E-state index in [1.807, 2.05) is 36.9 Å². The van der Waals surface area contributed by atoms with Gasteiger partial charge < -0.3 is 38.1 Å². The second kappa shape index (κ2) is 8.97. The zero-order valence-electron chi connectivity index (χ0n) is 21.4. The summed E-state index contributed by atoms with van der Waals surface area (Å²) in [6.45, 7) is 5.60. The van der Waals surface area contributed by atoms with Crippen molar-refractivity contribution in [3.05, 3.63) is 0 Å². The molecule has 0 amide bonds. The Morgan fingerprint density at radius 2 is 1.67 bits per heavy atom. The highest BCUT2D eigenvalue weighted by molar-refractivity contribution is 14.1. The summed E-state index contributed by atoms with van der Waals surface area (Å²) in [5.74, 6) is -0.0553. The zero-order chi connectivity index (χ0) is 26.3. The van der Waals surface area contributed by atoms with Crippen LogP contribution in [0.2, 0.25) is 0 Å². The number of ether oxygens (including phenoxy) is 2. The average Bonchev–Trinajstić information content (AvgIpc) is 2.99. The minimum Gasteiger partial charge on any atom is -0.432 e. The van der Waals surface area contributed by atoms with Gasteiger partial charge in [0.05, 0.1) is 17.6 Å². The van der Waals surface area contributed by atoms with Gasteiger partial charge in [-0.25, -0.2) is 0 Å². The van der Waals surface area contributed by atoms with E-state index in [1.165, 1.54) is 0 Å². The first-order valence-corrected chi connectivity index (χ1v) is 14.2. The number of rotatable bonds is 4. The normalized spacial score (nSPS) is 56.5. The maximum absolute atomic E-state index is 13.8. The first-order chi connectivity index (χ1) is 16.8. The minimum absolute atomic E-state index is 0.0163. The third kappa shape index (κ3) is 3.68. The second-order valence-electron chi connectivity index (χ2n) is 13.1. The van der Waals surface area contributed by atoms with Crippen molar-refractivity contribution < 1.29 is 42.9 Å². The van der Waals surface area contributed by atoms with Crippen molar-refractivity contribution in [2.24, 2.45) is 28.1 Å². The lowest BCUT2D eigenvalue weighted by atomic mass is 9.41. The standard InChI is InChI=1S/C26H41IO9/c1-22-7-4-8-23(2,21(32)35-20-19(31)18(30)17(29)14(11-28)34-20)15(22)5-9-25-12-24(3,33)26(13-25,36-27)10-6-16(22)25/h14-20,28-31,33H,4-13H2,1-3H3. The van der Waals surface area contributed by atoms with Gasteiger partial charge in [-0.3, -0.25) is 4.79 Å². The van der Waals surface area contributed by atoms with Crippen LogP contribution < -0.4 is 0 Å². The van der Waals surface area contributed by atoms with Gasteiger partial charge in [0.25, 0.3) is 0 Å². The van der Waals surface area contributed by atoms with Crippen molar-refractivity contribution in [3.63, 3.8) is 0 Å². The lowest BCUT2D eigenvalue weighted by Crippen LogP contribution is -2.62. The molecule has 5 N–H and O–H groups in total. The summed E-state index contributed by atoms with van der Waals surface area (Å²) in [6.07, 6.45) is 0.276. The van der Waals surface area contributed by atoms with Crippen LogP contribution in [0.25, 0.3) is 0 Å². The zero-order valence-corrected chi connectivity index (χ0v) is 23.5. The molecular formula is C26H41IO9. The van der Waals surface area contributed by atoms with Crippen molar-refractivity contribution in [2.75, 3.05) is 6.61 Å². The molecule has 5 fully saturated rings. The Balaban J connectivity index is 1.39. The Bertz CT molecular complexity index is 883. The summed E-state index contributed by atoms with van der Waals surface area (Å²) >= 11 is 1.96. The molecule has 1 aliphatic heterocycles. The first-order valence-electron chi connectivity index (χ1n) is 13.3. The van der Waals surface area contributed by atoms with E-state index in [-0.39, 0.29) is 16.7 Å². The van der Waals surface area contributed by atoms with Crippen LogP contribution in [-0.4, -0.2) is 80.0 Å². The van der Waals surface area contributed by atoms with Crippen LogP contribution >= 0.6 is 23.0 Å². The third-order valence-corrected chi connectivity index (χ3v) is 12.1. The Kier molecular flexibility index (Phi) is 6.85. The lowest BCUT2D eigenvalue weighted by molar-refractivity contribution is -0.298. The van der Waals surface area contributed by atoms with Crippen LogP contribution in [0, 0.1) is 28.1 Å². The molecule has 0 radical (unpaired) electrons. The summed E-state index contributed by atoms with van der Waals surface area (Å²) in [6, 6.07) is 0. The van der Waals surface area contributed by atoms with Crippen LogP contribution in [-0.2, 0) is 17.3 Å². The number of esters is 1. The van der Waals surface area contributed by atoms with E-state index in [2.05, 4.69) is 6.92 Å². The molecule has 4 aliphatic carbocycles. The third-order valence-electron chi connectivity index (χ3n) is 11.3. The molecular weight excluding hydrogens is 583 g/mol. The van der Waals surface area contributed by atoms with Gasteiger partial charge >= 0.3 is 5.97 Å². The van der Waals surface area contributed by atoms with Crippen LogP contribution in [0.3, 0.4) is 0 Å². The summed E-state index contributed by atoms with van der Waals surface area (Å²) in [5.41, 5.74) is -2.34. The fourth-order valence-electron chi connectivity index (χ4n) is 9.54. The minimum atomic E-state index is -1.61. The number of aliphatic hydroxyl groups excluding tert-OH is 4. The van der Waals surface area contributed by atoms with Crippen molar-refractivity contribution in [3.8, 4) is 0 Å². The fourth-order valence-corrected chi connectivity index (χ4v) is 10.4. The molecule has 206 valence electrons. The van der Waals surface area contributed by atoms with E-state index in [4.69, 9.17) is 12.5 Å². The largest absolute Gasteiger partial charge is 0.432 e.